The zero-order chi connectivity index (χ0) is 16.6. The standard InChI is InChI=1S/C17H19BrN2O4/c18-13-3-1-2-12(10-13)14-11-15(24-19-14)16(21)20-6-4-17(5-7-20)22-8-9-23-17/h1-3,10,15H,4-9,11H2/t15-/m0/s1. The quantitative estimate of drug-likeness (QED) is 0.771. The average molecular weight is 395 g/mol. The van der Waals surface area contributed by atoms with E-state index in [1.807, 2.05) is 29.2 Å². The molecule has 1 atom stereocenters. The van der Waals surface area contributed by atoms with E-state index in [2.05, 4.69) is 21.1 Å². The van der Waals surface area contributed by atoms with Crippen molar-refractivity contribution >= 4 is 27.5 Å². The summed E-state index contributed by atoms with van der Waals surface area (Å²) < 4.78 is 12.4. The molecular weight excluding hydrogens is 376 g/mol. The van der Waals surface area contributed by atoms with E-state index in [1.54, 1.807) is 0 Å². The van der Waals surface area contributed by atoms with Gasteiger partial charge in [0.05, 0.1) is 18.9 Å². The Morgan fingerprint density at radius 3 is 2.71 bits per heavy atom. The molecule has 0 bridgehead atoms. The topological polar surface area (TPSA) is 60.4 Å². The van der Waals surface area contributed by atoms with Gasteiger partial charge in [0.15, 0.2) is 5.79 Å². The van der Waals surface area contributed by atoms with Crippen LogP contribution in [-0.4, -0.2) is 54.7 Å². The van der Waals surface area contributed by atoms with E-state index >= 15 is 0 Å². The first-order valence-electron chi connectivity index (χ1n) is 8.21. The van der Waals surface area contributed by atoms with Crippen LogP contribution in [0.2, 0.25) is 0 Å². The van der Waals surface area contributed by atoms with Gasteiger partial charge in [0.2, 0.25) is 6.10 Å². The van der Waals surface area contributed by atoms with E-state index in [1.165, 1.54) is 0 Å². The molecule has 1 aromatic carbocycles. The van der Waals surface area contributed by atoms with Gasteiger partial charge in [-0.3, -0.25) is 4.79 Å². The second-order valence-corrected chi connectivity index (χ2v) is 7.20. The van der Waals surface area contributed by atoms with Crippen molar-refractivity contribution in [3.8, 4) is 0 Å². The highest BCUT2D eigenvalue weighted by Crippen LogP contribution is 2.32. The zero-order valence-electron chi connectivity index (χ0n) is 13.2. The molecule has 24 heavy (non-hydrogen) atoms. The molecule has 0 aromatic heterocycles. The molecule has 3 aliphatic rings. The fourth-order valence-corrected chi connectivity index (χ4v) is 3.80. The molecule has 4 rings (SSSR count). The normalized spacial score (nSPS) is 25.6. The van der Waals surface area contributed by atoms with E-state index in [-0.39, 0.29) is 5.91 Å². The Morgan fingerprint density at radius 1 is 1.25 bits per heavy atom. The number of amides is 1. The number of rotatable bonds is 2. The van der Waals surface area contributed by atoms with Gasteiger partial charge in [-0.1, -0.05) is 33.2 Å². The van der Waals surface area contributed by atoms with Crippen LogP contribution in [0.15, 0.2) is 33.9 Å². The van der Waals surface area contributed by atoms with Crippen LogP contribution in [0.3, 0.4) is 0 Å². The second-order valence-electron chi connectivity index (χ2n) is 6.28. The fraction of sp³-hybridized carbons (Fsp3) is 0.529. The zero-order valence-corrected chi connectivity index (χ0v) is 14.8. The third-order valence-electron chi connectivity index (χ3n) is 4.75. The van der Waals surface area contributed by atoms with Gasteiger partial charge >= 0.3 is 0 Å². The molecule has 2 saturated heterocycles. The number of benzene rings is 1. The van der Waals surface area contributed by atoms with E-state index < -0.39 is 11.9 Å². The number of ether oxygens (including phenoxy) is 2. The number of likely N-dealkylation sites (tertiary alicyclic amines) is 1. The number of oxime groups is 1. The average Bonchev–Trinajstić information content (AvgIpc) is 3.25. The largest absolute Gasteiger partial charge is 0.382 e. The van der Waals surface area contributed by atoms with E-state index in [0.717, 1.165) is 15.7 Å². The lowest BCUT2D eigenvalue weighted by Gasteiger charge is -2.38. The summed E-state index contributed by atoms with van der Waals surface area (Å²) in [5.74, 6) is -0.470. The molecule has 0 saturated carbocycles. The third kappa shape index (κ3) is 3.08. The lowest BCUT2D eigenvalue weighted by Crippen LogP contribution is -2.50. The first-order chi connectivity index (χ1) is 11.7. The molecule has 0 aliphatic carbocycles. The summed E-state index contributed by atoms with van der Waals surface area (Å²) in [7, 11) is 0. The first-order valence-corrected chi connectivity index (χ1v) is 9.00. The van der Waals surface area contributed by atoms with Gasteiger partial charge in [-0.25, -0.2) is 0 Å². The number of carbonyl (C=O) groups excluding carboxylic acids is 1. The molecule has 3 aliphatic heterocycles. The van der Waals surface area contributed by atoms with Crippen molar-refractivity contribution in [3.63, 3.8) is 0 Å². The fourth-order valence-electron chi connectivity index (χ4n) is 3.41. The van der Waals surface area contributed by atoms with Gasteiger partial charge in [0, 0.05) is 42.4 Å². The third-order valence-corrected chi connectivity index (χ3v) is 5.25. The van der Waals surface area contributed by atoms with Crippen molar-refractivity contribution in [2.75, 3.05) is 26.3 Å². The monoisotopic (exact) mass is 394 g/mol. The number of nitrogens with zero attached hydrogens (tertiary/aromatic N) is 2. The lowest BCUT2D eigenvalue weighted by atomic mass is 10.0. The van der Waals surface area contributed by atoms with Crippen molar-refractivity contribution in [2.45, 2.75) is 31.2 Å². The number of halogens is 1. The van der Waals surface area contributed by atoms with E-state index in [9.17, 15) is 4.79 Å². The number of hydrogen-bond donors (Lipinski definition) is 0. The minimum absolute atomic E-state index is 0.00315. The second kappa shape index (κ2) is 6.46. The highest BCUT2D eigenvalue weighted by Gasteiger charge is 2.42. The molecule has 1 aromatic rings. The van der Waals surface area contributed by atoms with Crippen LogP contribution >= 0.6 is 15.9 Å². The van der Waals surface area contributed by atoms with Crippen LogP contribution in [0.25, 0.3) is 0 Å². The van der Waals surface area contributed by atoms with Crippen molar-refractivity contribution in [1.29, 1.82) is 0 Å². The highest BCUT2D eigenvalue weighted by molar-refractivity contribution is 9.10. The van der Waals surface area contributed by atoms with Crippen molar-refractivity contribution in [1.82, 2.24) is 4.90 Å². The van der Waals surface area contributed by atoms with Crippen LogP contribution in [0.1, 0.15) is 24.8 Å². The Morgan fingerprint density at radius 2 is 2.00 bits per heavy atom. The van der Waals surface area contributed by atoms with Crippen LogP contribution in [0.5, 0.6) is 0 Å². The molecule has 0 unspecified atom stereocenters. The predicted octanol–water partition coefficient (Wildman–Crippen LogP) is 2.31. The van der Waals surface area contributed by atoms with Crippen molar-refractivity contribution < 1.29 is 19.1 Å². The Bertz CT molecular complexity index is 662. The Labute approximate surface area is 148 Å². The summed E-state index contributed by atoms with van der Waals surface area (Å²) in [4.78, 5) is 19.9. The molecule has 7 heteroatoms. The van der Waals surface area contributed by atoms with Crippen LogP contribution in [0, 0.1) is 0 Å². The van der Waals surface area contributed by atoms with Crippen molar-refractivity contribution in [2.24, 2.45) is 5.16 Å². The Kier molecular flexibility index (Phi) is 4.32. The van der Waals surface area contributed by atoms with Gasteiger partial charge in [0.1, 0.15) is 0 Å². The summed E-state index contributed by atoms with van der Waals surface area (Å²) >= 11 is 3.45. The van der Waals surface area contributed by atoms with Gasteiger partial charge in [-0.15, -0.1) is 0 Å². The first kappa shape index (κ1) is 16.1. The molecule has 0 N–H and O–H groups in total. The molecule has 1 spiro atoms. The maximum atomic E-state index is 12.7. The SMILES string of the molecule is O=C([C@@H]1CC(c2cccc(Br)c2)=NO1)N1CCC2(CC1)OCCO2. The van der Waals surface area contributed by atoms with Crippen molar-refractivity contribution in [3.05, 3.63) is 34.3 Å². The number of carbonyl (C=O) groups is 1. The molecule has 1 amide bonds. The molecule has 128 valence electrons. The molecule has 3 heterocycles. The highest BCUT2D eigenvalue weighted by atomic mass is 79.9. The summed E-state index contributed by atoms with van der Waals surface area (Å²) in [6.45, 7) is 2.54. The smallest absolute Gasteiger partial charge is 0.266 e. The molecular formula is C17H19BrN2O4. The summed E-state index contributed by atoms with van der Waals surface area (Å²) in [5, 5.41) is 4.11. The summed E-state index contributed by atoms with van der Waals surface area (Å²) in [5.41, 5.74) is 1.79. The Hall–Kier alpha value is -1.44. The number of hydrogen-bond acceptors (Lipinski definition) is 5. The maximum absolute atomic E-state index is 12.7. The lowest BCUT2D eigenvalue weighted by molar-refractivity contribution is -0.189. The summed E-state index contributed by atoms with van der Waals surface area (Å²) in [6.07, 6.45) is 1.40. The van der Waals surface area contributed by atoms with Crippen LogP contribution in [-0.2, 0) is 19.1 Å². The molecule has 0 radical (unpaired) electrons. The van der Waals surface area contributed by atoms with Crippen LogP contribution < -0.4 is 0 Å². The molecule has 6 nitrogen and oxygen atoms in total. The van der Waals surface area contributed by atoms with Gasteiger partial charge in [0.25, 0.3) is 5.91 Å². The van der Waals surface area contributed by atoms with E-state index in [4.69, 9.17) is 14.3 Å². The molecule has 2 fully saturated rings. The number of piperidine rings is 1. The van der Waals surface area contributed by atoms with Gasteiger partial charge in [-0.2, -0.15) is 0 Å². The Balaban J connectivity index is 1.35. The minimum atomic E-state index is -0.529. The van der Waals surface area contributed by atoms with Gasteiger partial charge in [-0.05, 0) is 12.1 Å². The van der Waals surface area contributed by atoms with E-state index in [0.29, 0.717) is 45.6 Å². The van der Waals surface area contributed by atoms with Crippen LogP contribution in [0.4, 0.5) is 0 Å². The van der Waals surface area contributed by atoms with Gasteiger partial charge < -0.3 is 19.2 Å². The maximum Gasteiger partial charge on any atom is 0.266 e. The minimum Gasteiger partial charge on any atom is -0.382 e. The predicted molar refractivity (Wildman–Crippen MR) is 90.6 cm³/mol. The summed E-state index contributed by atoms with van der Waals surface area (Å²) in [6, 6.07) is 7.86.